The summed E-state index contributed by atoms with van der Waals surface area (Å²) in [5, 5.41) is 0. The van der Waals surface area contributed by atoms with E-state index < -0.39 is 5.41 Å². The van der Waals surface area contributed by atoms with Crippen LogP contribution in [-0.2, 0) is 29.1 Å². The van der Waals surface area contributed by atoms with Gasteiger partial charge in [-0.25, -0.2) is 0 Å². The molecule has 0 saturated heterocycles. The first-order chi connectivity index (χ1) is 33.2. The average molecular weight is 876 g/mol. The molecule has 9 aromatic carbocycles. The zero-order valence-corrected chi connectivity index (χ0v) is 39.7. The van der Waals surface area contributed by atoms with E-state index in [9.17, 15) is 0 Å². The predicted molar refractivity (Wildman–Crippen MR) is 286 cm³/mol. The number of fused-ring (bicyclic) bond motifs is 12. The number of para-hydroxylation sites is 1. The molecule has 0 atom stereocenters. The Morgan fingerprint density at radius 3 is 1.46 bits per heavy atom. The molecule has 0 radical (unpaired) electrons. The summed E-state index contributed by atoms with van der Waals surface area (Å²) in [4.78, 5) is 2.51. The lowest BCUT2D eigenvalue weighted by Gasteiger charge is -2.42. The maximum absolute atomic E-state index is 2.56. The van der Waals surface area contributed by atoms with Gasteiger partial charge in [-0.2, -0.15) is 0 Å². The summed E-state index contributed by atoms with van der Waals surface area (Å²) in [6.45, 7) is 9.67. The fourth-order valence-electron chi connectivity index (χ4n) is 12.9. The summed E-state index contributed by atoms with van der Waals surface area (Å²) in [6, 6.07) is 76.8. The van der Waals surface area contributed by atoms with Gasteiger partial charge in [0.15, 0.2) is 0 Å². The van der Waals surface area contributed by atoms with Crippen molar-refractivity contribution in [2.75, 3.05) is 4.90 Å². The quantitative estimate of drug-likeness (QED) is 0.161. The Kier molecular flexibility index (Phi) is 9.29. The van der Waals surface area contributed by atoms with E-state index >= 15 is 0 Å². The van der Waals surface area contributed by atoms with Gasteiger partial charge in [-0.15, -0.1) is 0 Å². The van der Waals surface area contributed by atoms with Crippen LogP contribution in [0.3, 0.4) is 0 Å². The van der Waals surface area contributed by atoms with Crippen molar-refractivity contribution >= 4 is 17.1 Å². The van der Waals surface area contributed by atoms with Crippen LogP contribution in [0, 0.1) is 0 Å². The maximum Gasteiger partial charge on any atom is 0.0726 e. The highest BCUT2D eigenvalue weighted by molar-refractivity contribution is 6.00. The van der Waals surface area contributed by atoms with E-state index in [4.69, 9.17) is 0 Å². The van der Waals surface area contributed by atoms with E-state index in [0.717, 1.165) is 17.1 Å². The van der Waals surface area contributed by atoms with E-state index in [1.54, 1.807) is 0 Å². The van der Waals surface area contributed by atoms with Crippen molar-refractivity contribution in [3.05, 3.63) is 245 Å². The number of hydrogen-bond donors (Lipinski definition) is 0. The summed E-state index contributed by atoms with van der Waals surface area (Å²) in [5.41, 5.74) is 27.4. The minimum atomic E-state index is -0.469. The Hall–Kier alpha value is -7.22. The topological polar surface area (TPSA) is 3.24 Å². The first-order valence-electron chi connectivity index (χ1n) is 25.0. The van der Waals surface area contributed by atoms with Crippen LogP contribution in [-0.4, -0.2) is 0 Å². The third kappa shape index (κ3) is 6.21. The lowest BCUT2D eigenvalue weighted by Crippen LogP contribution is -2.33. The van der Waals surface area contributed by atoms with Crippen molar-refractivity contribution in [3.63, 3.8) is 0 Å². The van der Waals surface area contributed by atoms with Crippen LogP contribution in [0.2, 0.25) is 0 Å². The second-order valence-corrected chi connectivity index (χ2v) is 21.3. The van der Waals surface area contributed by atoms with Crippen molar-refractivity contribution in [2.24, 2.45) is 0 Å². The number of rotatable bonds is 6. The van der Waals surface area contributed by atoms with Gasteiger partial charge in [0, 0.05) is 16.9 Å². The Bertz CT molecular complexity index is 3390. The Morgan fingerprint density at radius 2 is 0.809 bits per heavy atom. The van der Waals surface area contributed by atoms with Gasteiger partial charge in [0.2, 0.25) is 0 Å². The molecule has 0 unspecified atom stereocenters. The number of anilines is 3. The second-order valence-electron chi connectivity index (χ2n) is 21.3. The molecule has 0 aliphatic heterocycles. The Balaban J connectivity index is 1.02. The Morgan fingerprint density at radius 1 is 0.324 bits per heavy atom. The highest BCUT2D eigenvalue weighted by atomic mass is 15.1. The van der Waals surface area contributed by atoms with Crippen LogP contribution in [0.25, 0.3) is 55.6 Å². The van der Waals surface area contributed by atoms with Crippen LogP contribution in [0.4, 0.5) is 17.1 Å². The summed E-state index contributed by atoms with van der Waals surface area (Å²) in [6.07, 6.45) is 7.37. The largest absolute Gasteiger partial charge is 0.310 e. The van der Waals surface area contributed by atoms with Crippen molar-refractivity contribution in [1.82, 2.24) is 0 Å². The van der Waals surface area contributed by atoms with E-state index in [1.807, 2.05) is 0 Å². The standard InChI is InChI=1S/C67H57N/c1-65(2)38-39-66(3,4)63-41-50(34-37-61(63)65)46-32-35-52(36-33-46)68(51-18-6-5-7-19-51)64-43-62-57(42-56(64)47-29-26-45(27-30-47)49-31-28-44-16-8-9-17-48(44)40-49)55-22-12-15-25-60(55)67(62)58-23-13-10-20-53(58)54-21-11-14-24-59(54)67/h5-7,10-15,18-37,40-43H,8-9,16-17,38-39H2,1-4H3. The fourth-order valence-corrected chi connectivity index (χ4v) is 12.9. The molecule has 0 amide bonds. The highest BCUT2D eigenvalue weighted by Gasteiger charge is 2.52. The van der Waals surface area contributed by atoms with Crippen LogP contribution in [0.15, 0.2) is 200 Å². The second kappa shape index (κ2) is 15.4. The van der Waals surface area contributed by atoms with Crippen LogP contribution >= 0.6 is 0 Å². The fraction of sp³-hybridized carbons (Fsp3) is 0.194. The van der Waals surface area contributed by atoms with Gasteiger partial charge < -0.3 is 4.90 Å². The van der Waals surface area contributed by atoms with Gasteiger partial charge in [-0.1, -0.05) is 191 Å². The molecule has 0 bridgehead atoms. The van der Waals surface area contributed by atoms with Crippen molar-refractivity contribution in [3.8, 4) is 55.6 Å². The lowest BCUT2D eigenvalue weighted by molar-refractivity contribution is 0.332. The molecule has 1 spiro atoms. The van der Waals surface area contributed by atoms with Gasteiger partial charge in [0.25, 0.3) is 0 Å². The lowest BCUT2D eigenvalue weighted by atomic mass is 9.63. The molecular formula is C67H57N. The van der Waals surface area contributed by atoms with Crippen molar-refractivity contribution < 1.29 is 0 Å². The molecule has 0 fully saturated rings. The number of benzene rings is 9. The van der Waals surface area contributed by atoms with Crippen LogP contribution in [0.5, 0.6) is 0 Å². The molecule has 0 aromatic heterocycles. The monoisotopic (exact) mass is 875 g/mol. The van der Waals surface area contributed by atoms with Crippen LogP contribution < -0.4 is 4.90 Å². The number of aryl methyl sites for hydroxylation is 2. The van der Waals surface area contributed by atoms with Gasteiger partial charge in [-0.05, 0) is 180 Å². The first kappa shape index (κ1) is 41.0. The van der Waals surface area contributed by atoms with Gasteiger partial charge >= 0.3 is 0 Å². The summed E-state index contributed by atoms with van der Waals surface area (Å²) in [5.74, 6) is 0. The van der Waals surface area contributed by atoms with Crippen molar-refractivity contribution in [1.29, 1.82) is 0 Å². The van der Waals surface area contributed by atoms with Crippen molar-refractivity contribution in [2.45, 2.75) is 82.5 Å². The minimum absolute atomic E-state index is 0.144. The molecule has 4 aliphatic carbocycles. The molecule has 330 valence electrons. The third-order valence-electron chi connectivity index (χ3n) is 16.6. The van der Waals surface area contributed by atoms with Gasteiger partial charge in [-0.3, -0.25) is 0 Å². The Labute approximate surface area is 402 Å². The molecule has 9 aromatic rings. The predicted octanol–water partition coefficient (Wildman–Crippen LogP) is 17.7. The molecule has 0 saturated carbocycles. The summed E-state index contributed by atoms with van der Waals surface area (Å²) >= 11 is 0. The van der Waals surface area contributed by atoms with E-state index in [-0.39, 0.29) is 10.8 Å². The average Bonchev–Trinajstić information content (AvgIpc) is 3.85. The summed E-state index contributed by atoms with van der Waals surface area (Å²) < 4.78 is 0. The number of hydrogen-bond acceptors (Lipinski definition) is 1. The highest BCUT2D eigenvalue weighted by Crippen LogP contribution is 2.64. The van der Waals surface area contributed by atoms with E-state index in [0.29, 0.717) is 0 Å². The van der Waals surface area contributed by atoms with Gasteiger partial charge in [0.1, 0.15) is 0 Å². The normalized spacial score (nSPS) is 16.2. The molecule has 0 N–H and O–H groups in total. The zero-order valence-electron chi connectivity index (χ0n) is 39.7. The summed E-state index contributed by atoms with van der Waals surface area (Å²) in [7, 11) is 0. The minimum Gasteiger partial charge on any atom is -0.310 e. The van der Waals surface area contributed by atoms with Gasteiger partial charge in [0.05, 0.1) is 11.1 Å². The first-order valence-corrected chi connectivity index (χ1v) is 25.0. The zero-order chi connectivity index (χ0) is 45.8. The smallest absolute Gasteiger partial charge is 0.0726 e. The number of nitrogens with zero attached hydrogens (tertiary/aromatic N) is 1. The SMILES string of the molecule is CC1(C)CCC(C)(C)c2cc(-c3ccc(N(c4ccccc4)c4cc5c(cc4-c4ccc(-c6ccc7c(c6)CCCC7)cc4)-c4ccccc4C54c5ccccc5-c5ccccc54)cc3)ccc21. The third-order valence-corrected chi connectivity index (χ3v) is 16.6. The molecule has 4 aliphatic rings. The molecule has 1 heteroatoms. The van der Waals surface area contributed by atoms with E-state index in [1.165, 1.54) is 139 Å². The molecule has 68 heavy (non-hydrogen) atoms. The molecule has 0 heterocycles. The van der Waals surface area contributed by atoms with E-state index in [2.05, 4.69) is 233 Å². The van der Waals surface area contributed by atoms with Crippen LogP contribution in [0.1, 0.15) is 97.9 Å². The molecular weight excluding hydrogens is 819 g/mol. The maximum atomic E-state index is 2.56. The molecule has 13 rings (SSSR count). The molecule has 1 nitrogen and oxygen atoms in total.